The molecule has 2 rings (SSSR count). The molecular weight excluding hydrogens is 230 g/mol. The van der Waals surface area contributed by atoms with E-state index in [0.717, 1.165) is 5.56 Å². The van der Waals surface area contributed by atoms with Crippen LogP contribution in [0.1, 0.15) is 25.7 Å². The lowest BCUT2D eigenvalue weighted by Crippen LogP contribution is -2.23. The van der Waals surface area contributed by atoms with E-state index in [2.05, 4.69) is 15.1 Å². The summed E-state index contributed by atoms with van der Waals surface area (Å²) < 4.78 is 1.67. The maximum Gasteiger partial charge on any atom is 0.251 e. The Kier molecular flexibility index (Phi) is 3.29. The molecule has 18 heavy (non-hydrogen) atoms. The van der Waals surface area contributed by atoms with Gasteiger partial charge in [0.25, 0.3) is 5.56 Å². The molecule has 0 amide bonds. The highest BCUT2D eigenvalue weighted by Crippen LogP contribution is 2.18. The van der Waals surface area contributed by atoms with Crippen LogP contribution < -0.4 is 11.3 Å². The van der Waals surface area contributed by atoms with Crippen molar-refractivity contribution in [3.05, 3.63) is 34.6 Å². The minimum atomic E-state index is -0.283. The predicted molar refractivity (Wildman–Crippen MR) is 68.8 cm³/mol. The van der Waals surface area contributed by atoms with E-state index in [0.29, 0.717) is 11.5 Å². The van der Waals surface area contributed by atoms with Crippen molar-refractivity contribution in [3.63, 3.8) is 0 Å². The molecule has 3 N–H and O–H groups in total. The smallest absolute Gasteiger partial charge is 0.251 e. The number of aromatic nitrogens is 4. The van der Waals surface area contributed by atoms with E-state index >= 15 is 0 Å². The lowest BCUT2D eigenvalue weighted by Gasteiger charge is -2.14. The van der Waals surface area contributed by atoms with Gasteiger partial charge in [-0.1, -0.05) is 13.8 Å². The summed E-state index contributed by atoms with van der Waals surface area (Å²) in [4.78, 5) is 18.7. The zero-order valence-electron chi connectivity index (χ0n) is 10.7. The first kappa shape index (κ1) is 12.5. The zero-order chi connectivity index (χ0) is 13.3. The minimum Gasteiger partial charge on any atom is -0.321 e. The van der Waals surface area contributed by atoms with E-state index in [4.69, 9.17) is 5.73 Å². The second-order valence-corrected chi connectivity index (χ2v) is 4.69. The third-order valence-corrected chi connectivity index (χ3v) is 2.79. The molecule has 0 saturated carbocycles. The van der Waals surface area contributed by atoms with Crippen LogP contribution in [-0.4, -0.2) is 19.7 Å². The molecule has 0 aromatic carbocycles. The summed E-state index contributed by atoms with van der Waals surface area (Å²) in [6, 6.07) is 1.17. The third-order valence-electron chi connectivity index (χ3n) is 2.79. The van der Waals surface area contributed by atoms with Crippen LogP contribution in [0, 0.1) is 5.92 Å². The van der Waals surface area contributed by atoms with Gasteiger partial charge in [0.05, 0.1) is 17.9 Å². The third kappa shape index (κ3) is 2.48. The predicted octanol–water partition coefficient (Wildman–Crippen LogP) is 0.826. The quantitative estimate of drug-likeness (QED) is 0.840. The summed E-state index contributed by atoms with van der Waals surface area (Å²) in [5.41, 5.74) is 7.21. The van der Waals surface area contributed by atoms with Crippen molar-refractivity contribution in [1.82, 2.24) is 19.7 Å². The van der Waals surface area contributed by atoms with Gasteiger partial charge >= 0.3 is 0 Å². The van der Waals surface area contributed by atoms with Gasteiger partial charge in [-0.25, -0.2) is 4.98 Å². The molecule has 6 heteroatoms. The fourth-order valence-corrected chi connectivity index (χ4v) is 1.65. The van der Waals surface area contributed by atoms with Gasteiger partial charge < -0.3 is 10.7 Å². The second kappa shape index (κ2) is 4.73. The van der Waals surface area contributed by atoms with Gasteiger partial charge in [-0.15, -0.1) is 0 Å². The highest BCUT2D eigenvalue weighted by molar-refractivity contribution is 5.56. The number of nitrogens with two attached hydrogens (primary N) is 1. The summed E-state index contributed by atoms with van der Waals surface area (Å²) in [5.74, 6) is 0.716. The molecule has 0 aliphatic heterocycles. The number of H-pyrrole nitrogens is 1. The Morgan fingerprint density at radius 2 is 2.17 bits per heavy atom. The summed E-state index contributed by atoms with van der Waals surface area (Å²) >= 11 is 0. The van der Waals surface area contributed by atoms with Crippen LogP contribution in [0.3, 0.4) is 0 Å². The maximum atomic E-state index is 11.6. The maximum absolute atomic E-state index is 11.6. The first-order valence-electron chi connectivity index (χ1n) is 5.83. The molecule has 0 radical (unpaired) electrons. The minimum absolute atomic E-state index is 0.199. The number of nitrogens with zero attached hydrogens (tertiary/aromatic N) is 3. The number of aryl methyl sites for hydroxylation is 1. The number of aromatic amines is 1. The lowest BCUT2D eigenvalue weighted by molar-refractivity contribution is 0.489. The van der Waals surface area contributed by atoms with Gasteiger partial charge in [-0.3, -0.25) is 9.48 Å². The number of rotatable bonds is 3. The van der Waals surface area contributed by atoms with Gasteiger partial charge in [0.1, 0.15) is 5.82 Å². The summed E-state index contributed by atoms with van der Waals surface area (Å²) in [6.45, 7) is 3.98. The Morgan fingerprint density at radius 3 is 2.72 bits per heavy atom. The second-order valence-electron chi connectivity index (χ2n) is 4.69. The fourth-order valence-electron chi connectivity index (χ4n) is 1.65. The molecule has 0 spiro atoms. The molecule has 0 aliphatic rings. The molecule has 0 aliphatic carbocycles. The zero-order valence-corrected chi connectivity index (χ0v) is 10.7. The normalized spacial score (nSPS) is 12.9. The van der Waals surface area contributed by atoms with Crippen LogP contribution in [-0.2, 0) is 7.05 Å². The Labute approximate surface area is 105 Å². The molecule has 0 fully saturated rings. The van der Waals surface area contributed by atoms with Crippen LogP contribution in [0.2, 0.25) is 0 Å². The SMILES string of the molecule is CC(C)C(N)c1nc(-c2cnn(C)c2)cc(=O)[nH]1. The molecular formula is C12H17N5O. The van der Waals surface area contributed by atoms with E-state index in [1.807, 2.05) is 27.1 Å². The highest BCUT2D eigenvalue weighted by Gasteiger charge is 2.15. The Bertz CT molecular complexity index is 599. The number of hydrogen-bond acceptors (Lipinski definition) is 4. The van der Waals surface area contributed by atoms with E-state index in [-0.39, 0.29) is 17.5 Å². The number of nitrogens with one attached hydrogen (secondary N) is 1. The molecule has 2 heterocycles. The molecule has 96 valence electrons. The average Bonchev–Trinajstić information content (AvgIpc) is 2.74. The summed E-state index contributed by atoms with van der Waals surface area (Å²) in [7, 11) is 1.82. The lowest BCUT2D eigenvalue weighted by atomic mass is 10.0. The monoisotopic (exact) mass is 247 g/mol. The van der Waals surface area contributed by atoms with Gasteiger partial charge in [0.2, 0.25) is 0 Å². The van der Waals surface area contributed by atoms with Crippen molar-refractivity contribution in [2.75, 3.05) is 0 Å². The van der Waals surface area contributed by atoms with Crippen molar-refractivity contribution in [2.24, 2.45) is 18.7 Å². The first-order chi connectivity index (χ1) is 8.47. The molecule has 1 unspecified atom stereocenters. The van der Waals surface area contributed by atoms with Crippen LogP contribution in [0.25, 0.3) is 11.3 Å². The summed E-state index contributed by atoms with van der Waals surface area (Å²) in [6.07, 6.45) is 3.49. The van der Waals surface area contributed by atoms with Crippen molar-refractivity contribution in [3.8, 4) is 11.3 Å². The molecule has 1 atom stereocenters. The first-order valence-corrected chi connectivity index (χ1v) is 5.83. The van der Waals surface area contributed by atoms with E-state index < -0.39 is 0 Å². The van der Waals surface area contributed by atoms with Gasteiger partial charge in [-0.05, 0) is 5.92 Å². The topological polar surface area (TPSA) is 89.6 Å². The molecule has 0 bridgehead atoms. The Morgan fingerprint density at radius 1 is 1.44 bits per heavy atom. The Balaban J connectivity index is 2.47. The highest BCUT2D eigenvalue weighted by atomic mass is 16.1. The van der Waals surface area contributed by atoms with Crippen LogP contribution in [0.5, 0.6) is 0 Å². The van der Waals surface area contributed by atoms with Crippen molar-refractivity contribution in [1.29, 1.82) is 0 Å². The van der Waals surface area contributed by atoms with Crippen LogP contribution in [0.4, 0.5) is 0 Å². The van der Waals surface area contributed by atoms with Crippen molar-refractivity contribution < 1.29 is 0 Å². The molecule has 6 nitrogen and oxygen atoms in total. The fraction of sp³-hybridized carbons (Fsp3) is 0.417. The van der Waals surface area contributed by atoms with Gasteiger partial charge in [0.15, 0.2) is 0 Å². The van der Waals surface area contributed by atoms with E-state index in [1.54, 1.807) is 10.9 Å². The Hall–Kier alpha value is -1.95. The molecule has 2 aromatic rings. The van der Waals surface area contributed by atoms with Crippen LogP contribution >= 0.6 is 0 Å². The molecule has 0 saturated heterocycles. The standard InChI is InChI=1S/C12H17N5O/c1-7(2)11(13)12-15-9(4-10(18)16-12)8-5-14-17(3)6-8/h4-7,11H,13H2,1-3H3,(H,15,16,18). The van der Waals surface area contributed by atoms with E-state index in [1.165, 1.54) is 6.07 Å². The molecule has 2 aromatic heterocycles. The summed E-state index contributed by atoms with van der Waals surface area (Å²) in [5, 5.41) is 4.07. The van der Waals surface area contributed by atoms with Crippen molar-refractivity contribution >= 4 is 0 Å². The van der Waals surface area contributed by atoms with E-state index in [9.17, 15) is 4.79 Å². The van der Waals surface area contributed by atoms with Gasteiger partial charge in [0, 0.05) is 24.9 Å². The van der Waals surface area contributed by atoms with Gasteiger partial charge in [-0.2, -0.15) is 5.10 Å². The average molecular weight is 247 g/mol. The largest absolute Gasteiger partial charge is 0.321 e. The number of hydrogen-bond donors (Lipinski definition) is 2. The van der Waals surface area contributed by atoms with Crippen molar-refractivity contribution in [2.45, 2.75) is 19.9 Å². The van der Waals surface area contributed by atoms with Crippen LogP contribution in [0.15, 0.2) is 23.3 Å².